The van der Waals surface area contributed by atoms with Gasteiger partial charge in [-0.15, -0.1) is 12.4 Å². The predicted molar refractivity (Wildman–Crippen MR) is 99.3 cm³/mol. The summed E-state index contributed by atoms with van der Waals surface area (Å²) in [5.41, 5.74) is 0.201. The standard InChI is InChI=1S/C18H33N3O2.ClH/c1-18(2,3)9-8-16(22)21-11-5-6-14(13-21)12-20-17(23)15-7-4-10-19-15;/h14-15,19H,4-13H2,1-3H3,(H,20,23);1H. The minimum absolute atomic E-state index is 0. The van der Waals surface area contributed by atoms with Gasteiger partial charge in [0.2, 0.25) is 11.8 Å². The Hall–Kier alpha value is -0.810. The van der Waals surface area contributed by atoms with Crippen LogP contribution in [0, 0.1) is 11.3 Å². The molecule has 0 aromatic carbocycles. The summed E-state index contributed by atoms with van der Waals surface area (Å²) in [7, 11) is 0. The van der Waals surface area contributed by atoms with E-state index in [9.17, 15) is 9.59 Å². The van der Waals surface area contributed by atoms with Crippen molar-refractivity contribution in [1.82, 2.24) is 15.5 Å². The lowest BCUT2D eigenvalue weighted by Gasteiger charge is -2.33. The first-order valence-electron chi connectivity index (χ1n) is 9.14. The van der Waals surface area contributed by atoms with Crippen molar-refractivity contribution in [2.45, 2.75) is 65.3 Å². The number of amides is 2. The van der Waals surface area contributed by atoms with Crippen molar-refractivity contribution in [2.24, 2.45) is 11.3 Å². The summed E-state index contributed by atoms with van der Waals surface area (Å²) < 4.78 is 0. The van der Waals surface area contributed by atoms with Gasteiger partial charge in [0.1, 0.15) is 0 Å². The van der Waals surface area contributed by atoms with Crippen LogP contribution in [0.25, 0.3) is 0 Å². The van der Waals surface area contributed by atoms with Crippen molar-refractivity contribution in [3.05, 3.63) is 0 Å². The lowest BCUT2D eigenvalue weighted by Crippen LogP contribution is -2.46. The highest BCUT2D eigenvalue weighted by Crippen LogP contribution is 2.23. The fraction of sp³-hybridized carbons (Fsp3) is 0.889. The third-order valence-corrected chi connectivity index (χ3v) is 4.90. The Morgan fingerprint density at radius 2 is 1.96 bits per heavy atom. The number of carbonyl (C=O) groups is 2. The second-order valence-electron chi connectivity index (χ2n) is 8.30. The van der Waals surface area contributed by atoms with E-state index in [-0.39, 0.29) is 35.7 Å². The van der Waals surface area contributed by atoms with Crippen LogP contribution in [-0.4, -0.2) is 48.9 Å². The lowest BCUT2D eigenvalue weighted by atomic mass is 9.90. The predicted octanol–water partition coefficient (Wildman–Crippen LogP) is 2.34. The first-order valence-corrected chi connectivity index (χ1v) is 9.14. The number of halogens is 1. The fourth-order valence-corrected chi connectivity index (χ4v) is 3.37. The second kappa shape index (κ2) is 9.62. The summed E-state index contributed by atoms with van der Waals surface area (Å²) >= 11 is 0. The average molecular weight is 360 g/mol. The van der Waals surface area contributed by atoms with Gasteiger partial charge in [0, 0.05) is 26.1 Å². The van der Waals surface area contributed by atoms with Crippen molar-refractivity contribution in [2.75, 3.05) is 26.2 Å². The number of rotatable bonds is 5. The smallest absolute Gasteiger partial charge is 0.237 e. The van der Waals surface area contributed by atoms with Crippen LogP contribution in [-0.2, 0) is 9.59 Å². The third kappa shape index (κ3) is 6.98. The van der Waals surface area contributed by atoms with Gasteiger partial charge in [-0.2, -0.15) is 0 Å². The van der Waals surface area contributed by atoms with Crippen molar-refractivity contribution in [3.63, 3.8) is 0 Å². The highest BCUT2D eigenvalue weighted by molar-refractivity contribution is 5.85. The van der Waals surface area contributed by atoms with E-state index in [0.717, 1.165) is 51.7 Å². The summed E-state index contributed by atoms with van der Waals surface area (Å²) in [4.78, 5) is 26.4. The van der Waals surface area contributed by atoms with E-state index in [0.29, 0.717) is 18.9 Å². The number of piperidine rings is 1. The maximum Gasteiger partial charge on any atom is 0.237 e. The Morgan fingerprint density at radius 1 is 1.21 bits per heavy atom. The van der Waals surface area contributed by atoms with E-state index >= 15 is 0 Å². The normalized spacial score (nSPS) is 24.4. The first kappa shape index (κ1) is 21.2. The van der Waals surface area contributed by atoms with Gasteiger partial charge in [-0.3, -0.25) is 9.59 Å². The maximum atomic E-state index is 12.4. The molecule has 6 heteroatoms. The second-order valence-corrected chi connectivity index (χ2v) is 8.30. The van der Waals surface area contributed by atoms with E-state index in [4.69, 9.17) is 0 Å². The topological polar surface area (TPSA) is 61.4 Å². The summed E-state index contributed by atoms with van der Waals surface area (Å²) in [5, 5.41) is 6.30. The molecule has 0 radical (unpaired) electrons. The quantitative estimate of drug-likeness (QED) is 0.792. The van der Waals surface area contributed by atoms with Gasteiger partial charge in [0.05, 0.1) is 6.04 Å². The zero-order chi connectivity index (χ0) is 16.9. The molecule has 2 fully saturated rings. The molecule has 2 aliphatic heterocycles. The fourth-order valence-electron chi connectivity index (χ4n) is 3.37. The molecule has 0 aromatic heterocycles. The zero-order valence-corrected chi connectivity index (χ0v) is 16.2. The number of hydrogen-bond acceptors (Lipinski definition) is 3. The molecule has 2 N–H and O–H groups in total. The molecule has 0 saturated carbocycles. The molecule has 0 bridgehead atoms. The lowest BCUT2D eigenvalue weighted by molar-refractivity contribution is -0.133. The van der Waals surface area contributed by atoms with Gasteiger partial charge >= 0.3 is 0 Å². The molecule has 2 saturated heterocycles. The van der Waals surface area contributed by atoms with Crippen LogP contribution < -0.4 is 10.6 Å². The Labute approximate surface area is 152 Å². The van der Waals surface area contributed by atoms with E-state index in [1.165, 1.54) is 0 Å². The Kier molecular flexibility index (Phi) is 8.51. The molecular formula is C18H34ClN3O2. The Balaban J connectivity index is 0.00000288. The zero-order valence-electron chi connectivity index (χ0n) is 15.4. The number of carbonyl (C=O) groups excluding carboxylic acids is 2. The van der Waals surface area contributed by atoms with Crippen LogP contribution in [0.3, 0.4) is 0 Å². The van der Waals surface area contributed by atoms with Crippen LogP contribution in [0.15, 0.2) is 0 Å². The molecular weight excluding hydrogens is 326 g/mol. The molecule has 2 atom stereocenters. The SMILES string of the molecule is CC(C)(C)CCC(=O)N1CCCC(CNC(=O)C2CCCN2)C1.Cl. The van der Waals surface area contributed by atoms with Crippen LogP contribution in [0.2, 0.25) is 0 Å². The van der Waals surface area contributed by atoms with Crippen molar-refractivity contribution in [1.29, 1.82) is 0 Å². The summed E-state index contributed by atoms with van der Waals surface area (Å²) in [6.07, 6.45) is 5.72. The molecule has 2 amide bonds. The monoisotopic (exact) mass is 359 g/mol. The molecule has 0 aromatic rings. The van der Waals surface area contributed by atoms with Gasteiger partial charge in [-0.05, 0) is 50.0 Å². The van der Waals surface area contributed by atoms with Gasteiger partial charge in [0.15, 0.2) is 0 Å². The summed E-state index contributed by atoms with van der Waals surface area (Å²) in [6.45, 7) is 9.82. The summed E-state index contributed by atoms with van der Waals surface area (Å²) in [6, 6.07) is -0.0110. The van der Waals surface area contributed by atoms with Crippen LogP contribution >= 0.6 is 12.4 Å². The number of likely N-dealkylation sites (tertiary alicyclic amines) is 1. The van der Waals surface area contributed by atoms with Gasteiger partial charge in [0.25, 0.3) is 0 Å². The Morgan fingerprint density at radius 3 is 2.58 bits per heavy atom. The van der Waals surface area contributed by atoms with E-state index in [1.54, 1.807) is 0 Å². The molecule has 2 heterocycles. The third-order valence-electron chi connectivity index (χ3n) is 4.90. The minimum atomic E-state index is -0.0110. The van der Waals surface area contributed by atoms with E-state index < -0.39 is 0 Å². The Bertz CT molecular complexity index is 417. The van der Waals surface area contributed by atoms with Gasteiger partial charge in [-0.1, -0.05) is 20.8 Å². The number of hydrogen-bond donors (Lipinski definition) is 2. The number of nitrogens with one attached hydrogen (secondary N) is 2. The van der Waals surface area contributed by atoms with Crippen molar-refractivity contribution < 1.29 is 9.59 Å². The van der Waals surface area contributed by atoms with Crippen LogP contribution in [0.4, 0.5) is 0 Å². The van der Waals surface area contributed by atoms with E-state index in [2.05, 4.69) is 31.4 Å². The summed E-state index contributed by atoms with van der Waals surface area (Å²) in [5.74, 6) is 0.791. The van der Waals surface area contributed by atoms with E-state index in [1.807, 2.05) is 4.90 Å². The van der Waals surface area contributed by atoms with Gasteiger partial charge in [-0.25, -0.2) is 0 Å². The molecule has 2 unspecified atom stereocenters. The number of nitrogens with zero attached hydrogens (tertiary/aromatic N) is 1. The molecule has 140 valence electrons. The maximum absolute atomic E-state index is 12.4. The molecule has 24 heavy (non-hydrogen) atoms. The molecule has 5 nitrogen and oxygen atoms in total. The first-order chi connectivity index (χ1) is 10.8. The average Bonchev–Trinajstić information content (AvgIpc) is 3.04. The molecule has 0 aliphatic carbocycles. The molecule has 2 aliphatic rings. The highest BCUT2D eigenvalue weighted by Gasteiger charge is 2.26. The van der Waals surface area contributed by atoms with Crippen LogP contribution in [0.5, 0.6) is 0 Å². The largest absolute Gasteiger partial charge is 0.354 e. The van der Waals surface area contributed by atoms with Crippen LogP contribution in [0.1, 0.15) is 59.3 Å². The molecule has 0 spiro atoms. The van der Waals surface area contributed by atoms with Crippen molar-refractivity contribution >= 4 is 24.2 Å². The highest BCUT2D eigenvalue weighted by atomic mass is 35.5. The van der Waals surface area contributed by atoms with Gasteiger partial charge < -0.3 is 15.5 Å². The molecule has 2 rings (SSSR count). The van der Waals surface area contributed by atoms with Crippen molar-refractivity contribution in [3.8, 4) is 0 Å². The minimum Gasteiger partial charge on any atom is -0.354 e.